The molecule has 0 aliphatic carbocycles. The Morgan fingerprint density at radius 3 is 2.35 bits per heavy atom. The Morgan fingerprint density at radius 1 is 1.00 bits per heavy atom. The van der Waals surface area contributed by atoms with Gasteiger partial charge in [0.05, 0.1) is 7.11 Å². The number of aryl methyl sites for hydroxylation is 2. The van der Waals surface area contributed by atoms with Crippen molar-refractivity contribution >= 4 is 17.8 Å². The molecule has 176 valence electrons. The van der Waals surface area contributed by atoms with E-state index in [-0.39, 0.29) is 5.91 Å². The van der Waals surface area contributed by atoms with Gasteiger partial charge in [0.15, 0.2) is 0 Å². The molecule has 6 heteroatoms. The first-order chi connectivity index (χ1) is 16.6. The Bertz CT molecular complexity index is 1140. The maximum atomic E-state index is 12.7. The smallest absolute Gasteiger partial charge is 0.246 e. The minimum atomic E-state index is 0.0510. The molecule has 0 atom stereocenters. The van der Waals surface area contributed by atoms with Crippen LogP contribution in [0.3, 0.4) is 0 Å². The molecular formula is C28H32N4O2. The highest BCUT2D eigenvalue weighted by atomic mass is 16.5. The number of amides is 1. The fraction of sp³-hybridized carbons (Fsp3) is 0.321. The summed E-state index contributed by atoms with van der Waals surface area (Å²) < 4.78 is 5.30. The summed E-state index contributed by atoms with van der Waals surface area (Å²) in [5, 5.41) is 0. The molecule has 0 bridgehead atoms. The molecule has 1 aliphatic heterocycles. The van der Waals surface area contributed by atoms with Gasteiger partial charge >= 0.3 is 0 Å². The van der Waals surface area contributed by atoms with Crippen molar-refractivity contribution in [2.75, 3.05) is 38.2 Å². The van der Waals surface area contributed by atoms with Gasteiger partial charge in [0.1, 0.15) is 17.4 Å². The number of methoxy groups -OCH3 is 1. The Balaban J connectivity index is 1.49. The Hall–Kier alpha value is -3.67. The van der Waals surface area contributed by atoms with Crippen LogP contribution in [0.2, 0.25) is 0 Å². The second kappa shape index (κ2) is 11.0. The zero-order valence-electron chi connectivity index (χ0n) is 20.2. The normalized spacial score (nSPS) is 14.0. The predicted molar refractivity (Wildman–Crippen MR) is 136 cm³/mol. The van der Waals surface area contributed by atoms with Crippen LogP contribution in [-0.4, -0.2) is 54.1 Å². The van der Waals surface area contributed by atoms with Gasteiger partial charge in [-0.05, 0) is 42.7 Å². The van der Waals surface area contributed by atoms with Crippen LogP contribution in [0.1, 0.15) is 35.1 Å². The second-order valence-electron chi connectivity index (χ2n) is 8.45. The summed E-state index contributed by atoms with van der Waals surface area (Å²) in [5.74, 6) is 2.68. The van der Waals surface area contributed by atoms with E-state index in [2.05, 4.69) is 24.0 Å². The largest absolute Gasteiger partial charge is 0.497 e. The zero-order chi connectivity index (χ0) is 23.9. The summed E-state index contributed by atoms with van der Waals surface area (Å²) in [5.41, 5.74) is 4.48. The third-order valence-corrected chi connectivity index (χ3v) is 6.17. The molecule has 1 amide bonds. The Kier molecular flexibility index (Phi) is 7.58. The van der Waals surface area contributed by atoms with Crippen LogP contribution in [0, 0.1) is 6.92 Å². The molecule has 4 rings (SSSR count). The number of piperazine rings is 1. The summed E-state index contributed by atoms with van der Waals surface area (Å²) >= 11 is 0. The quantitative estimate of drug-likeness (QED) is 0.496. The number of aromatic nitrogens is 2. The topological polar surface area (TPSA) is 58.6 Å². The van der Waals surface area contributed by atoms with Crippen molar-refractivity contribution < 1.29 is 9.53 Å². The lowest BCUT2D eigenvalue weighted by molar-refractivity contribution is -0.126. The number of benzene rings is 2. The molecular weight excluding hydrogens is 424 g/mol. The maximum absolute atomic E-state index is 12.7. The van der Waals surface area contributed by atoms with Gasteiger partial charge in [-0.1, -0.05) is 49.4 Å². The van der Waals surface area contributed by atoms with Crippen molar-refractivity contribution in [2.45, 2.75) is 26.7 Å². The molecule has 2 heterocycles. The number of carbonyl (C=O) groups excluding carboxylic acids is 1. The van der Waals surface area contributed by atoms with Crippen molar-refractivity contribution in [1.82, 2.24) is 14.9 Å². The fourth-order valence-corrected chi connectivity index (χ4v) is 4.30. The monoisotopic (exact) mass is 456 g/mol. The number of anilines is 1. The van der Waals surface area contributed by atoms with Crippen molar-refractivity contribution in [3.63, 3.8) is 0 Å². The van der Waals surface area contributed by atoms with E-state index in [0.29, 0.717) is 13.1 Å². The number of ether oxygens (including phenoxy) is 1. The average molecular weight is 457 g/mol. The van der Waals surface area contributed by atoms with Crippen LogP contribution in [0.25, 0.3) is 6.08 Å². The number of hydrogen-bond acceptors (Lipinski definition) is 5. The van der Waals surface area contributed by atoms with Gasteiger partial charge in [-0.15, -0.1) is 0 Å². The van der Waals surface area contributed by atoms with Gasteiger partial charge in [0.2, 0.25) is 5.91 Å². The maximum Gasteiger partial charge on any atom is 0.246 e. The van der Waals surface area contributed by atoms with Gasteiger partial charge < -0.3 is 14.5 Å². The molecule has 0 saturated carbocycles. The highest BCUT2D eigenvalue weighted by Gasteiger charge is 2.24. The highest BCUT2D eigenvalue weighted by molar-refractivity contribution is 5.92. The summed E-state index contributed by atoms with van der Waals surface area (Å²) in [7, 11) is 1.68. The molecule has 0 spiro atoms. The Labute approximate surface area is 201 Å². The molecule has 2 aromatic carbocycles. The van der Waals surface area contributed by atoms with Crippen molar-refractivity contribution in [2.24, 2.45) is 0 Å². The fourth-order valence-electron chi connectivity index (χ4n) is 4.30. The van der Waals surface area contributed by atoms with Crippen molar-refractivity contribution in [3.05, 3.63) is 88.9 Å². The molecule has 0 unspecified atom stereocenters. The minimum Gasteiger partial charge on any atom is -0.497 e. The van der Waals surface area contributed by atoms with E-state index < -0.39 is 0 Å². The minimum absolute atomic E-state index is 0.0510. The van der Waals surface area contributed by atoms with Gasteiger partial charge in [0.25, 0.3) is 0 Å². The average Bonchev–Trinajstić information content (AvgIpc) is 2.89. The zero-order valence-corrected chi connectivity index (χ0v) is 20.2. The second-order valence-corrected chi connectivity index (χ2v) is 8.45. The third kappa shape index (κ3) is 5.63. The van der Waals surface area contributed by atoms with Crippen LogP contribution in [0.5, 0.6) is 5.75 Å². The summed E-state index contributed by atoms with van der Waals surface area (Å²) in [6.45, 7) is 6.93. The van der Waals surface area contributed by atoms with E-state index in [1.165, 1.54) is 11.1 Å². The summed E-state index contributed by atoms with van der Waals surface area (Å²) in [6.07, 6.45) is 5.17. The van der Waals surface area contributed by atoms with E-state index >= 15 is 0 Å². The molecule has 1 aromatic heterocycles. The van der Waals surface area contributed by atoms with Crippen LogP contribution >= 0.6 is 0 Å². The van der Waals surface area contributed by atoms with E-state index in [0.717, 1.165) is 54.6 Å². The highest BCUT2D eigenvalue weighted by Crippen LogP contribution is 2.26. The lowest BCUT2D eigenvalue weighted by Crippen LogP contribution is -2.49. The molecule has 0 N–H and O–H groups in total. The van der Waals surface area contributed by atoms with E-state index in [1.54, 1.807) is 13.2 Å². The third-order valence-electron chi connectivity index (χ3n) is 6.17. The lowest BCUT2D eigenvalue weighted by atomic mass is 10.0. The molecule has 1 aliphatic rings. The van der Waals surface area contributed by atoms with Gasteiger partial charge in [-0.3, -0.25) is 4.79 Å². The standard InChI is InChI=1S/C28H32N4O2/c1-4-26-25(20-23-10-13-24(34-3)14-11-23)28(30-21(2)29-26)32-18-16-31(17-19-32)27(33)15-12-22-8-6-5-7-9-22/h5-15H,4,16-20H2,1-3H3/b15-12+. The van der Waals surface area contributed by atoms with Crippen LogP contribution in [0.15, 0.2) is 60.7 Å². The van der Waals surface area contributed by atoms with Gasteiger partial charge in [-0.25, -0.2) is 9.97 Å². The number of nitrogens with zero attached hydrogens (tertiary/aromatic N) is 4. The molecule has 34 heavy (non-hydrogen) atoms. The van der Waals surface area contributed by atoms with Crippen LogP contribution in [-0.2, 0) is 17.6 Å². The van der Waals surface area contributed by atoms with E-state index in [4.69, 9.17) is 14.7 Å². The van der Waals surface area contributed by atoms with Gasteiger partial charge in [0, 0.05) is 49.9 Å². The summed E-state index contributed by atoms with van der Waals surface area (Å²) in [4.78, 5) is 26.5. The first-order valence-corrected chi connectivity index (χ1v) is 11.8. The summed E-state index contributed by atoms with van der Waals surface area (Å²) in [6, 6.07) is 18.1. The first-order valence-electron chi connectivity index (χ1n) is 11.8. The molecule has 6 nitrogen and oxygen atoms in total. The molecule has 0 radical (unpaired) electrons. The predicted octanol–water partition coefficient (Wildman–Crippen LogP) is 4.31. The van der Waals surface area contributed by atoms with E-state index in [1.807, 2.05) is 60.4 Å². The van der Waals surface area contributed by atoms with Crippen molar-refractivity contribution in [3.8, 4) is 5.75 Å². The first kappa shape index (κ1) is 23.5. The van der Waals surface area contributed by atoms with E-state index in [9.17, 15) is 4.79 Å². The van der Waals surface area contributed by atoms with Crippen LogP contribution in [0.4, 0.5) is 5.82 Å². The lowest BCUT2D eigenvalue weighted by Gasteiger charge is -2.36. The van der Waals surface area contributed by atoms with Gasteiger partial charge in [-0.2, -0.15) is 0 Å². The number of hydrogen-bond donors (Lipinski definition) is 0. The number of carbonyl (C=O) groups is 1. The molecule has 1 saturated heterocycles. The Morgan fingerprint density at radius 2 is 1.71 bits per heavy atom. The molecule has 1 fully saturated rings. The number of rotatable bonds is 7. The molecule has 3 aromatic rings. The SMILES string of the molecule is CCc1nc(C)nc(N2CCN(C(=O)/C=C/c3ccccc3)CC2)c1Cc1ccc(OC)cc1. The van der Waals surface area contributed by atoms with Crippen LogP contribution < -0.4 is 9.64 Å². The van der Waals surface area contributed by atoms with Crippen molar-refractivity contribution in [1.29, 1.82) is 0 Å².